The van der Waals surface area contributed by atoms with Crippen molar-refractivity contribution >= 4 is 17.4 Å². The molecule has 1 nitrogen and oxygen atoms in total. The van der Waals surface area contributed by atoms with Gasteiger partial charge in [-0.05, 0) is 37.0 Å². The van der Waals surface area contributed by atoms with Crippen molar-refractivity contribution in [3.8, 4) is 0 Å². The third-order valence-electron chi connectivity index (χ3n) is 3.30. The summed E-state index contributed by atoms with van der Waals surface area (Å²) in [6, 6.07) is 5.92. The number of rotatable bonds is 7. The molecule has 1 aromatic carbocycles. The van der Waals surface area contributed by atoms with Crippen LogP contribution in [-0.2, 0) is 11.2 Å². The fourth-order valence-corrected chi connectivity index (χ4v) is 2.59. The predicted octanol–water partition coefficient (Wildman–Crippen LogP) is 4.98. The zero-order chi connectivity index (χ0) is 13.5. The van der Waals surface area contributed by atoms with Gasteiger partial charge in [0, 0.05) is 17.4 Å². The van der Waals surface area contributed by atoms with Crippen LogP contribution in [0.15, 0.2) is 18.2 Å². The summed E-state index contributed by atoms with van der Waals surface area (Å²) in [5, 5.41) is 0.718. The summed E-state index contributed by atoms with van der Waals surface area (Å²) in [5.74, 6) is 0.543. The molecular weight excluding hydrogens is 244 g/mol. The number of ketones is 1. The number of aryl methyl sites for hydroxylation is 1. The lowest BCUT2D eigenvalue weighted by Crippen LogP contribution is -2.17. The first kappa shape index (κ1) is 15.2. The van der Waals surface area contributed by atoms with Gasteiger partial charge in [0.25, 0.3) is 0 Å². The number of hydrogen-bond donors (Lipinski definition) is 0. The minimum Gasteiger partial charge on any atom is -0.299 e. The van der Waals surface area contributed by atoms with Gasteiger partial charge in [0.15, 0.2) is 0 Å². The molecule has 0 aliphatic heterocycles. The van der Waals surface area contributed by atoms with Gasteiger partial charge in [-0.15, -0.1) is 0 Å². The van der Waals surface area contributed by atoms with E-state index in [2.05, 4.69) is 13.8 Å². The number of halogens is 1. The highest BCUT2D eigenvalue weighted by atomic mass is 35.5. The summed E-state index contributed by atoms with van der Waals surface area (Å²) in [6.07, 6.45) is 4.60. The summed E-state index contributed by atoms with van der Waals surface area (Å²) in [4.78, 5) is 12.3. The third-order valence-corrected chi connectivity index (χ3v) is 3.65. The molecule has 0 fully saturated rings. The van der Waals surface area contributed by atoms with E-state index in [4.69, 9.17) is 11.6 Å². The quantitative estimate of drug-likeness (QED) is 0.680. The minimum absolute atomic E-state index is 0.206. The lowest BCUT2D eigenvalue weighted by Gasteiger charge is -2.14. The molecule has 1 rings (SSSR count). The van der Waals surface area contributed by atoms with Crippen molar-refractivity contribution in [2.24, 2.45) is 5.92 Å². The topological polar surface area (TPSA) is 17.1 Å². The van der Waals surface area contributed by atoms with Crippen LogP contribution < -0.4 is 0 Å². The van der Waals surface area contributed by atoms with Gasteiger partial charge < -0.3 is 0 Å². The number of carbonyl (C=O) groups excluding carboxylic acids is 1. The molecule has 0 atom stereocenters. The second kappa shape index (κ2) is 7.58. The van der Waals surface area contributed by atoms with Crippen LogP contribution in [-0.4, -0.2) is 5.78 Å². The second-order valence-corrected chi connectivity index (χ2v) is 5.42. The second-order valence-electron chi connectivity index (χ2n) is 5.01. The Hall–Kier alpha value is -0.820. The highest BCUT2D eigenvalue weighted by molar-refractivity contribution is 6.31. The molecule has 0 aliphatic carbocycles. The molecular formula is C16H23ClO. The Morgan fingerprint density at radius 3 is 2.33 bits per heavy atom. The fraction of sp³-hybridized carbons (Fsp3) is 0.562. The minimum atomic E-state index is 0.206. The molecule has 0 radical (unpaired) electrons. The van der Waals surface area contributed by atoms with Crippen molar-refractivity contribution in [2.75, 3.05) is 0 Å². The van der Waals surface area contributed by atoms with Crippen LogP contribution in [0.1, 0.15) is 50.7 Å². The van der Waals surface area contributed by atoms with E-state index < -0.39 is 0 Å². The molecule has 0 bridgehead atoms. The molecule has 1 aromatic rings. The molecule has 2 heteroatoms. The summed E-state index contributed by atoms with van der Waals surface area (Å²) < 4.78 is 0. The number of benzene rings is 1. The average Bonchev–Trinajstić information content (AvgIpc) is 2.32. The number of carbonyl (C=O) groups is 1. The number of Topliss-reactive ketones (excluding diaryl/α,β-unsaturated/α-hetero) is 1. The van der Waals surface area contributed by atoms with Gasteiger partial charge in [-0.3, -0.25) is 4.79 Å². The Kier molecular flexibility index (Phi) is 6.42. The molecule has 0 amide bonds. The monoisotopic (exact) mass is 266 g/mol. The maximum atomic E-state index is 12.3. The first-order valence-electron chi connectivity index (χ1n) is 6.86. The molecule has 0 unspecified atom stereocenters. The van der Waals surface area contributed by atoms with Crippen molar-refractivity contribution in [3.63, 3.8) is 0 Å². The van der Waals surface area contributed by atoms with Crippen LogP contribution >= 0.6 is 11.6 Å². The molecule has 100 valence electrons. The molecule has 0 aliphatic rings. The van der Waals surface area contributed by atoms with Crippen LogP contribution in [0.5, 0.6) is 0 Å². The molecule has 0 spiro atoms. The summed E-state index contributed by atoms with van der Waals surface area (Å²) in [6.45, 7) is 6.28. The summed E-state index contributed by atoms with van der Waals surface area (Å²) >= 11 is 6.18. The largest absolute Gasteiger partial charge is 0.299 e. The van der Waals surface area contributed by atoms with Crippen LogP contribution in [0.2, 0.25) is 5.02 Å². The lowest BCUT2D eigenvalue weighted by molar-refractivity contribution is -0.122. The Bertz CT molecular complexity index is 392. The van der Waals surface area contributed by atoms with Gasteiger partial charge in [0.1, 0.15) is 5.78 Å². The van der Waals surface area contributed by atoms with Crippen LogP contribution in [0.3, 0.4) is 0 Å². The Morgan fingerprint density at radius 2 is 1.83 bits per heavy atom. The smallest absolute Gasteiger partial charge is 0.140 e. The molecule has 0 heterocycles. The Balaban J connectivity index is 2.72. The molecule has 0 aromatic heterocycles. The summed E-state index contributed by atoms with van der Waals surface area (Å²) in [7, 11) is 0. The van der Waals surface area contributed by atoms with E-state index in [-0.39, 0.29) is 5.92 Å². The third kappa shape index (κ3) is 4.45. The Labute approximate surface area is 116 Å². The van der Waals surface area contributed by atoms with Gasteiger partial charge >= 0.3 is 0 Å². The van der Waals surface area contributed by atoms with Crippen molar-refractivity contribution < 1.29 is 4.79 Å². The van der Waals surface area contributed by atoms with E-state index in [1.165, 1.54) is 0 Å². The van der Waals surface area contributed by atoms with E-state index in [9.17, 15) is 4.79 Å². The molecule has 18 heavy (non-hydrogen) atoms. The summed E-state index contributed by atoms with van der Waals surface area (Å²) in [5.41, 5.74) is 2.10. The Morgan fingerprint density at radius 1 is 1.22 bits per heavy atom. The average molecular weight is 267 g/mol. The van der Waals surface area contributed by atoms with E-state index >= 15 is 0 Å². The van der Waals surface area contributed by atoms with E-state index in [0.29, 0.717) is 12.2 Å². The van der Waals surface area contributed by atoms with Crippen molar-refractivity contribution in [1.82, 2.24) is 0 Å². The first-order valence-corrected chi connectivity index (χ1v) is 7.24. The highest BCUT2D eigenvalue weighted by Gasteiger charge is 2.17. The SMILES string of the molecule is CCCC(CCC)C(=O)Cc1ccc(C)cc1Cl. The lowest BCUT2D eigenvalue weighted by atomic mass is 9.90. The molecule has 0 saturated heterocycles. The van der Waals surface area contributed by atoms with Gasteiger partial charge in [0.2, 0.25) is 0 Å². The van der Waals surface area contributed by atoms with E-state index in [1.807, 2.05) is 25.1 Å². The van der Waals surface area contributed by atoms with Gasteiger partial charge in [-0.25, -0.2) is 0 Å². The van der Waals surface area contributed by atoms with Gasteiger partial charge in [-0.1, -0.05) is 50.4 Å². The predicted molar refractivity (Wildman–Crippen MR) is 78.2 cm³/mol. The normalized spacial score (nSPS) is 10.9. The van der Waals surface area contributed by atoms with Crippen LogP contribution in [0.4, 0.5) is 0 Å². The van der Waals surface area contributed by atoms with Gasteiger partial charge in [0.05, 0.1) is 0 Å². The van der Waals surface area contributed by atoms with Crippen LogP contribution in [0, 0.1) is 12.8 Å². The first-order chi connectivity index (χ1) is 8.58. The van der Waals surface area contributed by atoms with Crippen molar-refractivity contribution in [3.05, 3.63) is 34.3 Å². The zero-order valence-corrected chi connectivity index (χ0v) is 12.4. The van der Waals surface area contributed by atoms with E-state index in [1.54, 1.807) is 0 Å². The number of hydrogen-bond acceptors (Lipinski definition) is 1. The van der Waals surface area contributed by atoms with E-state index in [0.717, 1.165) is 41.8 Å². The van der Waals surface area contributed by atoms with Crippen molar-refractivity contribution in [2.45, 2.75) is 52.9 Å². The fourth-order valence-electron chi connectivity index (χ4n) is 2.29. The van der Waals surface area contributed by atoms with Gasteiger partial charge in [-0.2, -0.15) is 0 Å². The maximum Gasteiger partial charge on any atom is 0.140 e. The molecule has 0 N–H and O–H groups in total. The zero-order valence-electron chi connectivity index (χ0n) is 11.6. The highest BCUT2D eigenvalue weighted by Crippen LogP contribution is 2.22. The van der Waals surface area contributed by atoms with Crippen LogP contribution in [0.25, 0.3) is 0 Å². The van der Waals surface area contributed by atoms with Crippen molar-refractivity contribution in [1.29, 1.82) is 0 Å². The molecule has 0 saturated carbocycles. The maximum absolute atomic E-state index is 12.3. The standard InChI is InChI=1S/C16H23ClO/c1-4-6-13(7-5-2)16(18)11-14-9-8-12(3)10-15(14)17/h8-10,13H,4-7,11H2,1-3H3.